The van der Waals surface area contributed by atoms with Gasteiger partial charge in [-0.25, -0.2) is 9.97 Å². The first kappa shape index (κ1) is 18.0. The molecule has 28 heavy (non-hydrogen) atoms. The van der Waals surface area contributed by atoms with Crippen molar-refractivity contribution in [2.45, 2.75) is 12.8 Å². The smallest absolute Gasteiger partial charge is 0.229 e. The lowest BCUT2D eigenvalue weighted by Gasteiger charge is -2.32. The van der Waals surface area contributed by atoms with Gasteiger partial charge < -0.3 is 15.0 Å². The molecule has 1 amide bonds. The van der Waals surface area contributed by atoms with Crippen molar-refractivity contribution >= 4 is 17.5 Å². The molecule has 0 saturated carbocycles. The van der Waals surface area contributed by atoms with E-state index in [0.717, 1.165) is 25.1 Å². The Kier molecular flexibility index (Phi) is 5.47. The molecule has 1 saturated heterocycles. The Bertz CT molecular complexity index is 918. The summed E-state index contributed by atoms with van der Waals surface area (Å²) in [7, 11) is 0. The van der Waals surface area contributed by atoms with E-state index in [4.69, 9.17) is 4.74 Å². The van der Waals surface area contributed by atoms with Crippen LogP contribution in [0.1, 0.15) is 12.8 Å². The quantitative estimate of drug-likeness (QED) is 0.727. The number of rotatable bonds is 5. The Morgan fingerprint density at radius 1 is 1.00 bits per heavy atom. The SMILES string of the molecule is O=C(Nc1ccccc1Oc1ccccc1)C1CCCN(c2ncccn2)C1. The molecule has 1 unspecified atom stereocenters. The number of hydrogen-bond donors (Lipinski definition) is 1. The Morgan fingerprint density at radius 2 is 1.75 bits per heavy atom. The number of benzene rings is 2. The molecule has 2 aromatic carbocycles. The number of hydrogen-bond acceptors (Lipinski definition) is 5. The molecule has 6 heteroatoms. The van der Waals surface area contributed by atoms with Crippen LogP contribution in [0.25, 0.3) is 0 Å². The average molecular weight is 374 g/mol. The summed E-state index contributed by atoms with van der Waals surface area (Å²) < 4.78 is 5.94. The van der Waals surface area contributed by atoms with Crippen LogP contribution >= 0.6 is 0 Å². The summed E-state index contributed by atoms with van der Waals surface area (Å²) in [4.78, 5) is 23.6. The van der Waals surface area contributed by atoms with E-state index in [0.29, 0.717) is 23.9 Å². The summed E-state index contributed by atoms with van der Waals surface area (Å²) in [5.74, 6) is 1.90. The van der Waals surface area contributed by atoms with Gasteiger partial charge in [-0.1, -0.05) is 30.3 Å². The van der Waals surface area contributed by atoms with Gasteiger partial charge in [-0.15, -0.1) is 0 Å². The van der Waals surface area contributed by atoms with Crippen LogP contribution in [0.4, 0.5) is 11.6 Å². The Balaban J connectivity index is 1.45. The fourth-order valence-corrected chi connectivity index (χ4v) is 3.34. The molecule has 2 heterocycles. The van der Waals surface area contributed by atoms with Crippen LogP contribution in [-0.2, 0) is 4.79 Å². The van der Waals surface area contributed by atoms with Crippen molar-refractivity contribution in [2.75, 3.05) is 23.3 Å². The summed E-state index contributed by atoms with van der Waals surface area (Å²) >= 11 is 0. The number of anilines is 2. The van der Waals surface area contributed by atoms with E-state index in [1.165, 1.54) is 0 Å². The Labute approximate surface area is 164 Å². The second kappa shape index (κ2) is 8.52. The highest BCUT2D eigenvalue weighted by Crippen LogP contribution is 2.30. The maximum atomic E-state index is 12.9. The molecule has 1 aliphatic heterocycles. The van der Waals surface area contributed by atoms with Crippen molar-refractivity contribution in [1.82, 2.24) is 9.97 Å². The molecule has 6 nitrogen and oxygen atoms in total. The zero-order valence-corrected chi connectivity index (χ0v) is 15.5. The minimum absolute atomic E-state index is 0.00950. The number of nitrogens with one attached hydrogen (secondary N) is 1. The van der Waals surface area contributed by atoms with Crippen molar-refractivity contribution < 1.29 is 9.53 Å². The normalized spacial score (nSPS) is 16.4. The highest BCUT2D eigenvalue weighted by atomic mass is 16.5. The molecular weight excluding hydrogens is 352 g/mol. The highest BCUT2D eigenvalue weighted by Gasteiger charge is 2.27. The van der Waals surface area contributed by atoms with Crippen molar-refractivity contribution in [3.63, 3.8) is 0 Å². The van der Waals surface area contributed by atoms with Crippen LogP contribution in [-0.4, -0.2) is 29.0 Å². The van der Waals surface area contributed by atoms with Crippen molar-refractivity contribution in [3.8, 4) is 11.5 Å². The number of ether oxygens (including phenoxy) is 1. The third kappa shape index (κ3) is 4.28. The van der Waals surface area contributed by atoms with Gasteiger partial charge in [0.25, 0.3) is 0 Å². The van der Waals surface area contributed by atoms with E-state index in [-0.39, 0.29) is 11.8 Å². The molecule has 1 atom stereocenters. The van der Waals surface area contributed by atoms with Crippen LogP contribution in [0, 0.1) is 5.92 Å². The van der Waals surface area contributed by atoms with E-state index in [1.54, 1.807) is 18.5 Å². The number of carbonyl (C=O) groups excluding carboxylic acids is 1. The third-order valence-electron chi connectivity index (χ3n) is 4.74. The Morgan fingerprint density at radius 3 is 2.57 bits per heavy atom. The van der Waals surface area contributed by atoms with Crippen LogP contribution in [0.2, 0.25) is 0 Å². The zero-order chi connectivity index (χ0) is 19.2. The summed E-state index contributed by atoms with van der Waals surface area (Å²) in [5, 5.41) is 3.04. The van der Waals surface area contributed by atoms with Gasteiger partial charge in [0.15, 0.2) is 5.75 Å². The number of carbonyl (C=O) groups is 1. The first-order valence-electron chi connectivity index (χ1n) is 9.44. The molecule has 1 N–H and O–H groups in total. The molecule has 0 aliphatic carbocycles. The van der Waals surface area contributed by atoms with Gasteiger partial charge in [0.05, 0.1) is 11.6 Å². The first-order valence-corrected chi connectivity index (χ1v) is 9.44. The minimum Gasteiger partial charge on any atom is -0.455 e. The monoisotopic (exact) mass is 374 g/mol. The molecular formula is C22H22N4O2. The number of amides is 1. The van der Waals surface area contributed by atoms with Crippen LogP contribution in [0.15, 0.2) is 73.1 Å². The third-order valence-corrected chi connectivity index (χ3v) is 4.74. The lowest BCUT2D eigenvalue weighted by molar-refractivity contribution is -0.120. The van der Waals surface area contributed by atoms with Crippen molar-refractivity contribution in [1.29, 1.82) is 0 Å². The van der Waals surface area contributed by atoms with Gasteiger partial charge in [0, 0.05) is 25.5 Å². The molecule has 0 spiro atoms. The molecule has 142 valence electrons. The molecule has 1 fully saturated rings. The van der Waals surface area contributed by atoms with Gasteiger partial charge in [-0.3, -0.25) is 4.79 Å². The lowest BCUT2D eigenvalue weighted by Crippen LogP contribution is -2.41. The van der Waals surface area contributed by atoms with Crippen LogP contribution in [0.5, 0.6) is 11.5 Å². The molecule has 4 rings (SSSR count). The average Bonchev–Trinajstić information content (AvgIpc) is 2.76. The topological polar surface area (TPSA) is 67.3 Å². The molecule has 1 aromatic heterocycles. The lowest BCUT2D eigenvalue weighted by atomic mass is 9.97. The van der Waals surface area contributed by atoms with Crippen LogP contribution in [0.3, 0.4) is 0 Å². The van der Waals surface area contributed by atoms with Gasteiger partial charge in [-0.05, 0) is 43.2 Å². The fourth-order valence-electron chi connectivity index (χ4n) is 3.34. The van der Waals surface area contributed by atoms with E-state index >= 15 is 0 Å². The highest BCUT2D eigenvalue weighted by molar-refractivity contribution is 5.94. The van der Waals surface area contributed by atoms with E-state index in [1.807, 2.05) is 54.6 Å². The van der Waals surface area contributed by atoms with Gasteiger partial charge in [0.1, 0.15) is 5.75 Å². The van der Waals surface area contributed by atoms with Crippen LogP contribution < -0.4 is 15.0 Å². The number of piperidine rings is 1. The molecule has 0 radical (unpaired) electrons. The fraction of sp³-hybridized carbons (Fsp3) is 0.227. The van der Waals surface area contributed by atoms with E-state index < -0.39 is 0 Å². The van der Waals surface area contributed by atoms with Crippen molar-refractivity contribution in [3.05, 3.63) is 73.1 Å². The second-order valence-electron chi connectivity index (χ2n) is 6.73. The van der Waals surface area contributed by atoms with E-state index in [2.05, 4.69) is 20.2 Å². The number of aromatic nitrogens is 2. The summed E-state index contributed by atoms with van der Waals surface area (Å²) in [6.45, 7) is 1.47. The summed E-state index contributed by atoms with van der Waals surface area (Å²) in [6, 6.07) is 18.8. The number of nitrogens with zero attached hydrogens (tertiary/aromatic N) is 3. The van der Waals surface area contributed by atoms with Crippen molar-refractivity contribution in [2.24, 2.45) is 5.92 Å². The molecule has 1 aliphatic rings. The van der Waals surface area contributed by atoms with E-state index in [9.17, 15) is 4.79 Å². The largest absolute Gasteiger partial charge is 0.455 e. The standard InChI is InChI=1S/C22H22N4O2/c27-21(17-8-6-15-26(16-17)22-23-13-7-14-24-22)25-19-11-4-5-12-20(19)28-18-9-2-1-3-10-18/h1-5,7,9-14,17H,6,8,15-16H2,(H,25,27). The molecule has 3 aromatic rings. The number of para-hydroxylation sites is 3. The maximum absolute atomic E-state index is 12.9. The predicted molar refractivity (Wildman–Crippen MR) is 109 cm³/mol. The summed E-state index contributed by atoms with van der Waals surface area (Å²) in [6.07, 6.45) is 5.22. The first-order chi connectivity index (χ1) is 13.8. The van der Waals surface area contributed by atoms with Gasteiger partial charge in [0.2, 0.25) is 11.9 Å². The zero-order valence-electron chi connectivity index (χ0n) is 15.5. The maximum Gasteiger partial charge on any atom is 0.229 e. The second-order valence-corrected chi connectivity index (χ2v) is 6.73. The Hall–Kier alpha value is -3.41. The summed E-state index contributed by atoms with van der Waals surface area (Å²) in [5.41, 5.74) is 0.671. The molecule has 0 bridgehead atoms. The van der Waals surface area contributed by atoms with Gasteiger partial charge >= 0.3 is 0 Å². The predicted octanol–water partition coefficient (Wildman–Crippen LogP) is 4.12. The minimum atomic E-state index is -0.123. The van der Waals surface area contributed by atoms with Gasteiger partial charge in [-0.2, -0.15) is 0 Å².